The van der Waals surface area contributed by atoms with E-state index in [0.717, 1.165) is 18.2 Å². The Hall–Kier alpha value is -2.29. The van der Waals surface area contributed by atoms with Crippen LogP contribution in [0.2, 0.25) is 10.0 Å². The molecular formula is C25H33Cl2N3O4S. The average Bonchev–Trinajstić information content (AvgIpc) is 2.80. The highest BCUT2D eigenvalue weighted by Gasteiger charge is 2.27. The number of likely N-dealkylation sites (N-methyl/N-ethyl adjacent to an activating group) is 1. The zero-order valence-electron chi connectivity index (χ0n) is 20.6. The summed E-state index contributed by atoms with van der Waals surface area (Å²) in [6.07, 6.45) is 2.35. The van der Waals surface area contributed by atoms with Gasteiger partial charge in [0.1, 0.15) is 6.04 Å². The number of amides is 2. The number of halogens is 2. The number of hydrogen-bond acceptors (Lipinski definition) is 4. The second-order valence-electron chi connectivity index (χ2n) is 8.29. The molecule has 0 aromatic heterocycles. The zero-order valence-corrected chi connectivity index (χ0v) is 22.9. The van der Waals surface area contributed by atoms with Crippen LogP contribution in [0.25, 0.3) is 0 Å². The second kappa shape index (κ2) is 13.1. The first kappa shape index (κ1) is 28.9. The van der Waals surface area contributed by atoms with E-state index in [0.29, 0.717) is 27.8 Å². The van der Waals surface area contributed by atoms with E-state index in [1.54, 1.807) is 44.2 Å². The van der Waals surface area contributed by atoms with Gasteiger partial charge in [0.15, 0.2) is 0 Å². The standard InChI is InChI=1S/C25H33Cl2N3O4S/c1-5-19-9-13-22(14-10-19)30(35(4,33)34)15-7-8-24(31)29(18(3)25(32)28-6-2)17-20-11-12-21(26)16-23(20)27/h9-14,16,18H,5-8,15,17H2,1-4H3,(H,28,32). The molecule has 0 aliphatic carbocycles. The van der Waals surface area contributed by atoms with E-state index < -0.39 is 16.1 Å². The minimum Gasteiger partial charge on any atom is -0.355 e. The van der Waals surface area contributed by atoms with E-state index in [-0.39, 0.29) is 37.7 Å². The van der Waals surface area contributed by atoms with Gasteiger partial charge >= 0.3 is 0 Å². The van der Waals surface area contributed by atoms with Gasteiger partial charge in [0.2, 0.25) is 21.8 Å². The van der Waals surface area contributed by atoms with Gasteiger partial charge in [-0.1, -0.05) is 48.3 Å². The summed E-state index contributed by atoms with van der Waals surface area (Å²) in [5.74, 6) is -0.552. The van der Waals surface area contributed by atoms with Crippen molar-refractivity contribution in [1.82, 2.24) is 10.2 Å². The number of benzene rings is 2. The van der Waals surface area contributed by atoms with Gasteiger partial charge in [-0.3, -0.25) is 13.9 Å². The Labute approximate surface area is 218 Å². The fourth-order valence-corrected chi connectivity index (χ4v) is 5.07. The molecule has 0 saturated heterocycles. The Morgan fingerprint density at radius 1 is 1.06 bits per heavy atom. The molecule has 1 N–H and O–H groups in total. The number of rotatable bonds is 12. The molecule has 1 atom stereocenters. The lowest BCUT2D eigenvalue weighted by Crippen LogP contribution is -2.47. The number of anilines is 1. The van der Waals surface area contributed by atoms with Gasteiger partial charge < -0.3 is 10.2 Å². The summed E-state index contributed by atoms with van der Waals surface area (Å²) in [6.45, 7) is 6.19. The van der Waals surface area contributed by atoms with Gasteiger partial charge in [-0.05, 0) is 62.1 Å². The summed E-state index contributed by atoms with van der Waals surface area (Å²) in [5, 5.41) is 3.61. The Kier molecular flexibility index (Phi) is 10.9. The molecule has 2 amide bonds. The maximum absolute atomic E-state index is 13.2. The average molecular weight is 543 g/mol. The monoisotopic (exact) mass is 541 g/mol. The molecule has 0 spiro atoms. The SMILES string of the molecule is CCNC(=O)C(C)N(Cc1ccc(Cl)cc1Cl)C(=O)CCCN(c1ccc(CC)cc1)S(C)(=O)=O. The lowest BCUT2D eigenvalue weighted by Gasteiger charge is -2.29. The topological polar surface area (TPSA) is 86.8 Å². The van der Waals surface area contributed by atoms with E-state index in [4.69, 9.17) is 23.2 Å². The van der Waals surface area contributed by atoms with E-state index >= 15 is 0 Å². The van der Waals surface area contributed by atoms with Gasteiger partial charge in [-0.2, -0.15) is 0 Å². The third-order valence-corrected chi connectivity index (χ3v) is 7.44. The van der Waals surface area contributed by atoms with Crippen molar-refractivity contribution in [3.05, 3.63) is 63.6 Å². The van der Waals surface area contributed by atoms with E-state index in [2.05, 4.69) is 5.32 Å². The van der Waals surface area contributed by atoms with Crippen molar-refractivity contribution >= 4 is 50.7 Å². The molecule has 2 rings (SSSR count). The van der Waals surface area contributed by atoms with Gasteiger partial charge in [-0.25, -0.2) is 8.42 Å². The van der Waals surface area contributed by atoms with Crippen LogP contribution in [0.3, 0.4) is 0 Å². The molecule has 35 heavy (non-hydrogen) atoms. The van der Waals surface area contributed by atoms with Crippen molar-refractivity contribution in [1.29, 1.82) is 0 Å². The molecule has 2 aromatic carbocycles. The predicted molar refractivity (Wildman–Crippen MR) is 142 cm³/mol. The van der Waals surface area contributed by atoms with Crippen LogP contribution in [0.1, 0.15) is 44.7 Å². The molecule has 1 unspecified atom stereocenters. The molecular weight excluding hydrogens is 509 g/mol. The largest absolute Gasteiger partial charge is 0.355 e. The Morgan fingerprint density at radius 2 is 1.71 bits per heavy atom. The first-order valence-electron chi connectivity index (χ1n) is 11.6. The zero-order chi connectivity index (χ0) is 26.2. The summed E-state index contributed by atoms with van der Waals surface area (Å²) >= 11 is 12.3. The highest BCUT2D eigenvalue weighted by Crippen LogP contribution is 2.24. The Balaban J connectivity index is 2.18. The van der Waals surface area contributed by atoms with Crippen molar-refractivity contribution in [2.45, 2.75) is 52.6 Å². The molecule has 0 aliphatic heterocycles. The lowest BCUT2D eigenvalue weighted by atomic mass is 10.1. The first-order chi connectivity index (χ1) is 16.5. The van der Waals surface area contributed by atoms with Crippen LogP contribution >= 0.6 is 23.2 Å². The van der Waals surface area contributed by atoms with E-state index in [1.165, 1.54) is 9.21 Å². The fraction of sp³-hybridized carbons (Fsp3) is 0.440. The van der Waals surface area contributed by atoms with Crippen molar-refractivity contribution in [2.24, 2.45) is 0 Å². The van der Waals surface area contributed by atoms with Crippen LogP contribution < -0.4 is 9.62 Å². The van der Waals surface area contributed by atoms with Crippen molar-refractivity contribution in [3.8, 4) is 0 Å². The number of carbonyl (C=O) groups is 2. The summed E-state index contributed by atoms with van der Waals surface area (Å²) in [5.41, 5.74) is 2.32. The summed E-state index contributed by atoms with van der Waals surface area (Å²) < 4.78 is 26.1. The number of nitrogens with zero attached hydrogens (tertiary/aromatic N) is 2. The molecule has 0 heterocycles. The molecule has 0 fully saturated rings. The number of nitrogens with one attached hydrogen (secondary N) is 1. The van der Waals surface area contributed by atoms with Crippen LogP contribution in [0.5, 0.6) is 0 Å². The Bertz CT molecular complexity index is 1120. The number of sulfonamides is 1. The first-order valence-corrected chi connectivity index (χ1v) is 14.2. The minimum atomic E-state index is -3.54. The third kappa shape index (κ3) is 8.40. The van der Waals surface area contributed by atoms with Crippen molar-refractivity contribution < 1.29 is 18.0 Å². The summed E-state index contributed by atoms with van der Waals surface area (Å²) in [6, 6.07) is 11.6. The van der Waals surface area contributed by atoms with Crippen LogP contribution in [0.4, 0.5) is 5.69 Å². The second-order valence-corrected chi connectivity index (χ2v) is 11.0. The molecule has 0 saturated carbocycles. The molecule has 0 radical (unpaired) electrons. The van der Waals surface area contributed by atoms with E-state index in [9.17, 15) is 18.0 Å². The molecule has 0 bridgehead atoms. The summed E-state index contributed by atoms with van der Waals surface area (Å²) in [7, 11) is -3.54. The van der Waals surface area contributed by atoms with Crippen LogP contribution in [-0.4, -0.2) is 50.5 Å². The Morgan fingerprint density at radius 3 is 2.26 bits per heavy atom. The van der Waals surface area contributed by atoms with Crippen LogP contribution in [-0.2, 0) is 32.6 Å². The number of hydrogen-bond donors (Lipinski definition) is 1. The number of aryl methyl sites for hydroxylation is 1. The van der Waals surface area contributed by atoms with Crippen molar-refractivity contribution in [3.63, 3.8) is 0 Å². The summed E-state index contributed by atoms with van der Waals surface area (Å²) in [4.78, 5) is 27.2. The predicted octanol–water partition coefficient (Wildman–Crippen LogP) is 4.66. The molecule has 0 aliphatic rings. The highest BCUT2D eigenvalue weighted by molar-refractivity contribution is 7.92. The van der Waals surface area contributed by atoms with Crippen molar-refractivity contribution in [2.75, 3.05) is 23.7 Å². The van der Waals surface area contributed by atoms with Gasteiger partial charge in [0, 0.05) is 36.1 Å². The third-order valence-electron chi connectivity index (χ3n) is 5.66. The smallest absolute Gasteiger partial charge is 0.242 e. The van der Waals surface area contributed by atoms with Crippen LogP contribution in [0, 0.1) is 0 Å². The number of carbonyl (C=O) groups excluding carboxylic acids is 2. The van der Waals surface area contributed by atoms with Gasteiger partial charge in [0.25, 0.3) is 0 Å². The maximum atomic E-state index is 13.2. The lowest BCUT2D eigenvalue weighted by molar-refractivity contribution is -0.140. The minimum absolute atomic E-state index is 0.0635. The van der Waals surface area contributed by atoms with Gasteiger partial charge in [-0.15, -0.1) is 0 Å². The van der Waals surface area contributed by atoms with Gasteiger partial charge in [0.05, 0.1) is 11.9 Å². The molecule has 10 heteroatoms. The highest BCUT2D eigenvalue weighted by atomic mass is 35.5. The normalized spacial score (nSPS) is 12.2. The maximum Gasteiger partial charge on any atom is 0.242 e. The molecule has 192 valence electrons. The molecule has 2 aromatic rings. The molecule has 7 nitrogen and oxygen atoms in total. The quantitative estimate of drug-likeness (QED) is 0.423. The van der Waals surface area contributed by atoms with E-state index in [1.807, 2.05) is 19.1 Å². The fourth-order valence-electron chi connectivity index (χ4n) is 3.64. The van der Waals surface area contributed by atoms with Crippen LogP contribution in [0.15, 0.2) is 42.5 Å².